The van der Waals surface area contributed by atoms with Crippen molar-refractivity contribution in [1.29, 1.82) is 0 Å². The quantitative estimate of drug-likeness (QED) is 0.0538. The molecular weight excluding hydrogens is 721 g/mol. The molecule has 0 heteroatoms. The van der Waals surface area contributed by atoms with Crippen molar-refractivity contribution in [2.75, 3.05) is 0 Å². The summed E-state index contributed by atoms with van der Waals surface area (Å²) < 4.78 is 0. The predicted molar refractivity (Wildman–Crippen MR) is 278 cm³/mol. The standard InChI is InChI=1S/C60H116/c1-16-48(4)28-19-31-51(7)34-22-37-54(10)40-25-43-57(13)46-60(59(15)45-27-42-56(12)39-24-36-53(9)33-21-30-50(6)18-3)47-58(14)44-26-41-55(11)38-23-35-52(8)32-20-29-49(5)17-2/h16,29,51-60H,6,17-28,30-47H2,1-5,7-15H3/b48-16+,49-29+. The molecule has 0 radical (unpaired) electrons. The third-order valence-corrected chi connectivity index (χ3v) is 15.7. The van der Waals surface area contributed by atoms with Crippen LogP contribution in [0, 0.1) is 59.2 Å². The lowest BCUT2D eigenvalue weighted by Crippen LogP contribution is -2.19. The first kappa shape index (κ1) is 59.2. The molecule has 0 saturated heterocycles. The molecule has 0 aliphatic rings. The third-order valence-electron chi connectivity index (χ3n) is 15.7. The van der Waals surface area contributed by atoms with E-state index in [9.17, 15) is 0 Å². The van der Waals surface area contributed by atoms with Crippen molar-refractivity contribution in [2.45, 2.75) is 290 Å². The fourth-order valence-corrected chi connectivity index (χ4v) is 10.3. The van der Waals surface area contributed by atoms with Gasteiger partial charge in [0.15, 0.2) is 0 Å². The van der Waals surface area contributed by atoms with Gasteiger partial charge in [0, 0.05) is 0 Å². The highest BCUT2D eigenvalue weighted by Crippen LogP contribution is 2.35. The fourth-order valence-electron chi connectivity index (χ4n) is 10.3. The van der Waals surface area contributed by atoms with Gasteiger partial charge >= 0.3 is 0 Å². The monoisotopic (exact) mass is 837 g/mol. The summed E-state index contributed by atoms with van der Waals surface area (Å²) in [7, 11) is 0. The van der Waals surface area contributed by atoms with Crippen LogP contribution < -0.4 is 0 Å². The SMILES string of the molecule is C=C(CC)CCCC(C)CCCC(C)CCCC(C)C(CC(C)CCCC(C)CCCC(C)CC/C=C(\C)CC)CC(C)CCCC(C)CCCC(C)CCC/C(C)=C/C. The molecule has 0 amide bonds. The largest absolute Gasteiger partial charge is 0.0999 e. The Kier molecular flexibility index (Phi) is 38.2. The van der Waals surface area contributed by atoms with Gasteiger partial charge in [0.1, 0.15) is 0 Å². The Hall–Kier alpha value is -0.780. The van der Waals surface area contributed by atoms with E-state index in [4.69, 9.17) is 0 Å². The third kappa shape index (κ3) is 35.7. The summed E-state index contributed by atoms with van der Waals surface area (Å²) in [5.41, 5.74) is 4.56. The van der Waals surface area contributed by atoms with Crippen LogP contribution in [0.1, 0.15) is 290 Å². The van der Waals surface area contributed by atoms with E-state index in [1.54, 1.807) is 11.1 Å². The molecule has 0 heterocycles. The van der Waals surface area contributed by atoms with E-state index < -0.39 is 0 Å². The van der Waals surface area contributed by atoms with E-state index in [1.165, 1.54) is 192 Å². The second kappa shape index (κ2) is 38.7. The second-order valence-corrected chi connectivity index (χ2v) is 22.6. The first-order chi connectivity index (χ1) is 28.6. The summed E-state index contributed by atoms with van der Waals surface area (Å²) in [5, 5.41) is 0. The number of hydrogen-bond donors (Lipinski definition) is 0. The Morgan fingerprint density at radius 2 is 0.733 bits per heavy atom. The average molecular weight is 838 g/mol. The molecule has 0 N–H and O–H groups in total. The summed E-state index contributed by atoms with van der Waals surface area (Å²) in [6, 6.07) is 0. The van der Waals surface area contributed by atoms with Gasteiger partial charge in [0.2, 0.25) is 0 Å². The van der Waals surface area contributed by atoms with Crippen molar-refractivity contribution >= 4 is 0 Å². The van der Waals surface area contributed by atoms with Crippen molar-refractivity contribution in [3.8, 4) is 0 Å². The maximum absolute atomic E-state index is 4.21. The lowest BCUT2D eigenvalue weighted by molar-refractivity contribution is 0.212. The molecule has 0 aliphatic heterocycles. The van der Waals surface area contributed by atoms with Gasteiger partial charge in [0.25, 0.3) is 0 Å². The van der Waals surface area contributed by atoms with Gasteiger partial charge in [-0.3, -0.25) is 0 Å². The molecule has 356 valence electrons. The number of hydrogen-bond acceptors (Lipinski definition) is 0. The van der Waals surface area contributed by atoms with Crippen LogP contribution in [-0.4, -0.2) is 0 Å². The van der Waals surface area contributed by atoms with Gasteiger partial charge in [-0.05, 0) is 144 Å². The Morgan fingerprint density at radius 3 is 1.10 bits per heavy atom. The Balaban J connectivity index is 4.89. The van der Waals surface area contributed by atoms with E-state index in [2.05, 4.69) is 116 Å². The van der Waals surface area contributed by atoms with Crippen molar-refractivity contribution in [3.05, 3.63) is 35.5 Å². The molecule has 0 nitrogen and oxygen atoms in total. The van der Waals surface area contributed by atoms with Gasteiger partial charge in [-0.1, -0.05) is 240 Å². The summed E-state index contributed by atoms with van der Waals surface area (Å²) >= 11 is 0. The van der Waals surface area contributed by atoms with Gasteiger partial charge in [-0.25, -0.2) is 0 Å². The lowest BCUT2D eigenvalue weighted by Gasteiger charge is -2.30. The molecule has 0 aliphatic carbocycles. The molecule has 0 fully saturated rings. The molecule has 0 rings (SSSR count). The summed E-state index contributed by atoms with van der Waals surface area (Å²) in [6.45, 7) is 38.5. The number of allylic oxidation sites excluding steroid dienone is 5. The highest BCUT2D eigenvalue weighted by molar-refractivity contribution is 4.96. The zero-order valence-corrected chi connectivity index (χ0v) is 44.3. The molecule has 0 aromatic carbocycles. The summed E-state index contributed by atoms with van der Waals surface area (Å²) in [4.78, 5) is 0. The molecule has 0 spiro atoms. The van der Waals surface area contributed by atoms with Gasteiger partial charge in [-0.2, -0.15) is 0 Å². The van der Waals surface area contributed by atoms with Crippen molar-refractivity contribution in [2.24, 2.45) is 59.2 Å². The topological polar surface area (TPSA) is 0 Å². The van der Waals surface area contributed by atoms with Crippen LogP contribution in [0.5, 0.6) is 0 Å². The fraction of sp³-hybridized carbons (Fsp3) is 0.900. The molecular formula is C60H116. The van der Waals surface area contributed by atoms with Crippen molar-refractivity contribution < 1.29 is 0 Å². The van der Waals surface area contributed by atoms with Gasteiger partial charge in [-0.15, -0.1) is 0 Å². The van der Waals surface area contributed by atoms with Crippen LogP contribution >= 0.6 is 0 Å². The maximum atomic E-state index is 4.21. The smallest absolute Gasteiger partial charge is 0.0323 e. The maximum Gasteiger partial charge on any atom is -0.0323 e. The summed E-state index contributed by atoms with van der Waals surface area (Å²) in [5.74, 6) is 8.81. The summed E-state index contributed by atoms with van der Waals surface area (Å²) in [6.07, 6.45) is 46.5. The molecule has 0 aromatic heterocycles. The lowest BCUT2D eigenvalue weighted by atomic mass is 9.76. The van der Waals surface area contributed by atoms with Crippen LogP contribution in [0.4, 0.5) is 0 Å². The van der Waals surface area contributed by atoms with E-state index in [1.807, 2.05) is 0 Å². The van der Waals surface area contributed by atoms with Crippen LogP contribution in [0.2, 0.25) is 0 Å². The minimum atomic E-state index is 0.866. The molecule has 60 heavy (non-hydrogen) atoms. The molecule has 0 saturated carbocycles. The van der Waals surface area contributed by atoms with Crippen LogP contribution in [0.3, 0.4) is 0 Å². The zero-order valence-electron chi connectivity index (χ0n) is 44.3. The molecule has 0 bridgehead atoms. The van der Waals surface area contributed by atoms with Crippen molar-refractivity contribution in [1.82, 2.24) is 0 Å². The van der Waals surface area contributed by atoms with E-state index in [0.29, 0.717) is 0 Å². The minimum Gasteiger partial charge on any atom is -0.0999 e. The predicted octanol–water partition coefficient (Wildman–Crippen LogP) is 21.5. The minimum absolute atomic E-state index is 0.866. The highest BCUT2D eigenvalue weighted by Gasteiger charge is 2.23. The zero-order chi connectivity index (χ0) is 45.1. The van der Waals surface area contributed by atoms with Gasteiger partial charge < -0.3 is 0 Å². The van der Waals surface area contributed by atoms with Crippen LogP contribution in [0.25, 0.3) is 0 Å². The molecule has 10 atom stereocenters. The van der Waals surface area contributed by atoms with E-state index in [-0.39, 0.29) is 0 Å². The first-order valence-corrected chi connectivity index (χ1v) is 27.5. The molecule has 0 aromatic rings. The first-order valence-electron chi connectivity index (χ1n) is 27.5. The number of rotatable bonds is 42. The normalized spacial score (nSPS) is 17.8. The van der Waals surface area contributed by atoms with E-state index >= 15 is 0 Å². The highest BCUT2D eigenvalue weighted by atomic mass is 14.3. The van der Waals surface area contributed by atoms with Crippen LogP contribution in [-0.2, 0) is 0 Å². The second-order valence-electron chi connectivity index (χ2n) is 22.6. The van der Waals surface area contributed by atoms with E-state index in [0.717, 1.165) is 65.6 Å². The molecule has 10 unspecified atom stereocenters. The Morgan fingerprint density at radius 1 is 0.400 bits per heavy atom. The Labute approximate surface area is 382 Å². The Bertz CT molecular complexity index is 1030. The van der Waals surface area contributed by atoms with Crippen LogP contribution in [0.15, 0.2) is 35.5 Å². The van der Waals surface area contributed by atoms with Gasteiger partial charge in [0.05, 0.1) is 0 Å². The van der Waals surface area contributed by atoms with Crippen molar-refractivity contribution in [3.63, 3.8) is 0 Å². The average Bonchev–Trinajstić information content (AvgIpc) is 3.20.